The van der Waals surface area contributed by atoms with Gasteiger partial charge in [0.05, 0.1) is 6.42 Å². The van der Waals surface area contributed by atoms with Crippen LogP contribution in [-0.4, -0.2) is 34.6 Å². The van der Waals surface area contributed by atoms with Crippen molar-refractivity contribution in [2.75, 3.05) is 11.9 Å². The second-order valence-electron chi connectivity index (χ2n) is 5.88. The fourth-order valence-corrected chi connectivity index (χ4v) is 2.65. The SMILES string of the molecule is CC(=O)c1cc(C(=O)OCC(=O)c2ccc3c(c2)CC(=O)N3)n(C)c1. The van der Waals surface area contributed by atoms with Crippen LogP contribution in [0.3, 0.4) is 0 Å². The lowest BCUT2D eigenvalue weighted by atomic mass is 10.1. The predicted molar refractivity (Wildman–Crippen MR) is 88.8 cm³/mol. The van der Waals surface area contributed by atoms with Gasteiger partial charge < -0.3 is 14.6 Å². The Labute approximate surface area is 143 Å². The van der Waals surface area contributed by atoms with E-state index < -0.39 is 12.6 Å². The Morgan fingerprint density at radius 1 is 1.20 bits per heavy atom. The summed E-state index contributed by atoms with van der Waals surface area (Å²) in [5.74, 6) is -1.32. The third kappa shape index (κ3) is 3.35. The first kappa shape index (κ1) is 16.6. The van der Waals surface area contributed by atoms with Crippen LogP contribution in [0, 0.1) is 0 Å². The number of anilines is 1. The largest absolute Gasteiger partial charge is 0.453 e. The van der Waals surface area contributed by atoms with Gasteiger partial charge in [-0.25, -0.2) is 4.79 Å². The molecule has 1 N–H and O–H groups in total. The summed E-state index contributed by atoms with van der Waals surface area (Å²) in [6.45, 7) is 0.987. The minimum atomic E-state index is -0.679. The molecule has 0 radical (unpaired) electrons. The van der Waals surface area contributed by atoms with Gasteiger partial charge in [-0.2, -0.15) is 0 Å². The molecule has 1 aliphatic heterocycles. The number of ketones is 2. The van der Waals surface area contributed by atoms with Crippen LogP contribution in [0.5, 0.6) is 0 Å². The molecule has 25 heavy (non-hydrogen) atoms. The van der Waals surface area contributed by atoms with Crippen molar-refractivity contribution >= 4 is 29.1 Å². The highest BCUT2D eigenvalue weighted by atomic mass is 16.5. The zero-order valence-electron chi connectivity index (χ0n) is 13.8. The molecule has 3 rings (SSSR count). The molecule has 0 fully saturated rings. The first-order valence-electron chi connectivity index (χ1n) is 7.65. The van der Waals surface area contributed by atoms with Crippen molar-refractivity contribution in [3.63, 3.8) is 0 Å². The van der Waals surface area contributed by atoms with Gasteiger partial charge in [0.2, 0.25) is 5.91 Å². The fourth-order valence-electron chi connectivity index (χ4n) is 2.65. The van der Waals surface area contributed by atoms with Crippen LogP contribution >= 0.6 is 0 Å². The van der Waals surface area contributed by atoms with E-state index in [2.05, 4.69) is 5.32 Å². The summed E-state index contributed by atoms with van der Waals surface area (Å²) < 4.78 is 6.54. The number of aryl methyl sites for hydroxylation is 1. The quantitative estimate of drug-likeness (QED) is 0.661. The average Bonchev–Trinajstić information content (AvgIpc) is 3.13. The Morgan fingerprint density at radius 3 is 2.64 bits per heavy atom. The third-order valence-electron chi connectivity index (χ3n) is 4.01. The standard InChI is InChI=1S/C18H16N2O5/c1-10(21)13-6-15(20(2)8-13)18(24)25-9-16(22)11-3-4-14-12(5-11)7-17(23)19-14/h3-6,8H,7,9H2,1-2H3,(H,19,23). The van der Waals surface area contributed by atoms with Crippen molar-refractivity contribution in [3.8, 4) is 0 Å². The van der Waals surface area contributed by atoms with Gasteiger partial charge in [0, 0.05) is 30.1 Å². The summed E-state index contributed by atoms with van der Waals surface area (Å²) in [7, 11) is 1.62. The van der Waals surface area contributed by atoms with Crippen molar-refractivity contribution < 1.29 is 23.9 Å². The van der Waals surface area contributed by atoms with E-state index in [0.29, 0.717) is 16.8 Å². The van der Waals surface area contributed by atoms with Gasteiger partial charge in [-0.3, -0.25) is 14.4 Å². The molecule has 1 aromatic carbocycles. The maximum Gasteiger partial charge on any atom is 0.355 e. The van der Waals surface area contributed by atoms with E-state index in [1.54, 1.807) is 25.2 Å². The topological polar surface area (TPSA) is 94.5 Å². The Bertz CT molecular complexity index is 910. The lowest BCUT2D eigenvalue weighted by molar-refractivity contribution is -0.115. The molecule has 7 heteroatoms. The van der Waals surface area contributed by atoms with Gasteiger partial charge in [0.25, 0.3) is 0 Å². The summed E-state index contributed by atoms with van der Waals surface area (Å²) in [5, 5.41) is 2.69. The Balaban J connectivity index is 1.66. The average molecular weight is 340 g/mol. The highest BCUT2D eigenvalue weighted by Crippen LogP contribution is 2.24. The second-order valence-corrected chi connectivity index (χ2v) is 5.88. The molecule has 0 saturated carbocycles. The maximum absolute atomic E-state index is 12.2. The predicted octanol–water partition coefficient (Wildman–Crippen LogP) is 1.76. The highest BCUT2D eigenvalue weighted by molar-refractivity contribution is 6.03. The fraction of sp³-hybridized carbons (Fsp3) is 0.222. The Morgan fingerprint density at radius 2 is 1.96 bits per heavy atom. The molecule has 128 valence electrons. The lowest BCUT2D eigenvalue weighted by Crippen LogP contribution is -2.16. The van der Waals surface area contributed by atoms with Gasteiger partial charge in [-0.15, -0.1) is 0 Å². The van der Waals surface area contributed by atoms with Gasteiger partial charge in [-0.1, -0.05) is 0 Å². The zero-order valence-corrected chi connectivity index (χ0v) is 13.8. The van der Waals surface area contributed by atoms with Gasteiger partial charge in [-0.05, 0) is 36.8 Å². The first-order valence-corrected chi connectivity index (χ1v) is 7.65. The molecular weight excluding hydrogens is 324 g/mol. The molecule has 0 saturated heterocycles. The van der Waals surface area contributed by atoms with Crippen molar-refractivity contribution in [3.05, 3.63) is 52.8 Å². The van der Waals surface area contributed by atoms with E-state index in [1.807, 2.05) is 0 Å². The number of Topliss-reactive ketones (excluding diaryl/α,β-unsaturated/α-hetero) is 2. The summed E-state index contributed by atoms with van der Waals surface area (Å²) in [5.41, 5.74) is 2.41. The van der Waals surface area contributed by atoms with Crippen molar-refractivity contribution in [2.45, 2.75) is 13.3 Å². The molecule has 0 atom stereocenters. The highest BCUT2D eigenvalue weighted by Gasteiger charge is 2.20. The number of rotatable bonds is 5. The van der Waals surface area contributed by atoms with Crippen LogP contribution in [0.15, 0.2) is 30.5 Å². The number of fused-ring (bicyclic) bond motifs is 1. The van der Waals surface area contributed by atoms with Crippen LogP contribution in [0.4, 0.5) is 5.69 Å². The Kier molecular flexibility index (Phi) is 4.22. The van der Waals surface area contributed by atoms with E-state index in [0.717, 1.165) is 5.56 Å². The molecule has 0 aliphatic carbocycles. The van der Waals surface area contributed by atoms with Gasteiger partial charge >= 0.3 is 5.97 Å². The third-order valence-corrected chi connectivity index (χ3v) is 4.01. The summed E-state index contributed by atoms with van der Waals surface area (Å²) in [6.07, 6.45) is 1.76. The number of ether oxygens (including phenoxy) is 1. The van der Waals surface area contributed by atoms with Crippen molar-refractivity contribution in [2.24, 2.45) is 7.05 Å². The zero-order chi connectivity index (χ0) is 18.1. The first-order chi connectivity index (χ1) is 11.8. The lowest BCUT2D eigenvalue weighted by Gasteiger charge is -2.06. The minimum Gasteiger partial charge on any atom is -0.453 e. The van der Waals surface area contributed by atoms with Crippen LogP contribution in [-0.2, 0) is 23.0 Å². The van der Waals surface area contributed by atoms with E-state index in [4.69, 9.17) is 4.74 Å². The van der Waals surface area contributed by atoms with E-state index in [9.17, 15) is 19.2 Å². The number of hydrogen-bond acceptors (Lipinski definition) is 5. The summed E-state index contributed by atoms with van der Waals surface area (Å²) in [6, 6.07) is 6.30. The molecular formula is C18H16N2O5. The molecule has 2 heterocycles. The second kappa shape index (κ2) is 6.35. The normalized spacial score (nSPS) is 12.5. The molecule has 1 amide bonds. The van der Waals surface area contributed by atoms with Crippen LogP contribution in [0.1, 0.15) is 43.7 Å². The number of esters is 1. The van der Waals surface area contributed by atoms with Crippen molar-refractivity contribution in [1.82, 2.24) is 4.57 Å². The smallest absolute Gasteiger partial charge is 0.355 e. The van der Waals surface area contributed by atoms with E-state index in [-0.39, 0.29) is 29.6 Å². The van der Waals surface area contributed by atoms with Crippen LogP contribution in [0.25, 0.3) is 0 Å². The number of benzene rings is 1. The van der Waals surface area contributed by atoms with E-state index >= 15 is 0 Å². The number of nitrogens with one attached hydrogen (secondary N) is 1. The molecule has 0 spiro atoms. The van der Waals surface area contributed by atoms with Crippen molar-refractivity contribution in [1.29, 1.82) is 0 Å². The summed E-state index contributed by atoms with van der Waals surface area (Å²) >= 11 is 0. The molecule has 2 aromatic rings. The number of hydrogen-bond donors (Lipinski definition) is 1. The number of carbonyl (C=O) groups is 4. The van der Waals surface area contributed by atoms with Crippen LogP contribution in [0.2, 0.25) is 0 Å². The monoisotopic (exact) mass is 340 g/mol. The number of carbonyl (C=O) groups excluding carboxylic acids is 4. The molecule has 7 nitrogen and oxygen atoms in total. The Hall–Kier alpha value is -3.22. The molecule has 0 unspecified atom stereocenters. The van der Waals surface area contributed by atoms with E-state index in [1.165, 1.54) is 23.8 Å². The molecule has 1 aromatic heterocycles. The van der Waals surface area contributed by atoms with Crippen LogP contribution < -0.4 is 5.32 Å². The van der Waals surface area contributed by atoms with Gasteiger partial charge in [0.1, 0.15) is 5.69 Å². The number of aromatic nitrogens is 1. The minimum absolute atomic E-state index is 0.115. The maximum atomic E-state index is 12.2. The van der Waals surface area contributed by atoms with Gasteiger partial charge in [0.15, 0.2) is 18.2 Å². The number of nitrogens with zero attached hydrogens (tertiary/aromatic N) is 1. The molecule has 0 bridgehead atoms. The number of amides is 1. The molecule has 1 aliphatic rings. The summed E-state index contributed by atoms with van der Waals surface area (Å²) in [4.78, 5) is 47.0.